The second-order valence-corrected chi connectivity index (χ2v) is 5.34. The number of morpholine rings is 1. The van der Waals surface area contributed by atoms with Crippen molar-refractivity contribution in [3.8, 4) is 0 Å². The summed E-state index contributed by atoms with van der Waals surface area (Å²) in [6.45, 7) is 2.77. The summed E-state index contributed by atoms with van der Waals surface area (Å²) in [5, 5.41) is 2.82. The lowest BCUT2D eigenvalue weighted by molar-refractivity contribution is 0.102. The first-order valence-corrected chi connectivity index (χ1v) is 7.42. The highest BCUT2D eigenvalue weighted by Crippen LogP contribution is 2.29. The highest BCUT2D eigenvalue weighted by atomic mass is 19.1. The van der Waals surface area contributed by atoms with E-state index in [0.29, 0.717) is 24.6 Å². The SMILES string of the molecule is Nc1ccc(N2CCOCC2)c(NC(=O)c2cccc(F)c2)c1. The van der Waals surface area contributed by atoms with Crippen LogP contribution < -0.4 is 16.0 Å². The van der Waals surface area contributed by atoms with Crippen molar-refractivity contribution in [2.75, 3.05) is 42.3 Å². The van der Waals surface area contributed by atoms with Gasteiger partial charge in [-0.15, -0.1) is 0 Å². The standard InChI is InChI=1S/C17H18FN3O2/c18-13-3-1-2-12(10-13)17(22)20-15-11-14(19)4-5-16(15)21-6-8-23-9-7-21/h1-5,10-11H,6-9,19H2,(H,20,22). The number of halogens is 1. The third-order valence-corrected chi connectivity index (χ3v) is 3.71. The van der Waals surface area contributed by atoms with E-state index in [9.17, 15) is 9.18 Å². The lowest BCUT2D eigenvalue weighted by Gasteiger charge is -2.30. The lowest BCUT2D eigenvalue weighted by Crippen LogP contribution is -2.36. The Morgan fingerprint density at radius 2 is 1.96 bits per heavy atom. The van der Waals surface area contributed by atoms with Crippen molar-refractivity contribution in [1.82, 2.24) is 0 Å². The van der Waals surface area contributed by atoms with E-state index in [4.69, 9.17) is 10.5 Å². The molecule has 0 spiro atoms. The van der Waals surface area contributed by atoms with Gasteiger partial charge >= 0.3 is 0 Å². The molecular formula is C17H18FN3O2. The minimum absolute atomic E-state index is 0.264. The largest absolute Gasteiger partial charge is 0.399 e. The Labute approximate surface area is 133 Å². The Balaban J connectivity index is 1.86. The van der Waals surface area contributed by atoms with Gasteiger partial charge in [0.15, 0.2) is 0 Å². The number of nitrogens with zero attached hydrogens (tertiary/aromatic N) is 1. The number of anilines is 3. The fourth-order valence-corrected chi connectivity index (χ4v) is 2.56. The zero-order valence-electron chi connectivity index (χ0n) is 12.6. The number of hydrogen-bond acceptors (Lipinski definition) is 4. The van der Waals surface area contributed by atoms with Crippen LogP contribution in [-0.2, 0) is 4.74 Å². The Bertz CT molecular complexity index is 715. The summed E-state index contributed by atoms with van der Waals surface area (Å²) in [5.41, 5.74) is 8.15. The molecule has 1 amide bonds. The van der Waals surface area contributed by atoms with Crippen LogP contribution in [0.3, 0.4) is 0 Å². The summed E-state index contributed by atoms with van der Waals surface area (Å²) in [6.07, 6.45) is 0. The number of nitrogens with two attached hydrogens (primary N) is 1. The molecule has 2 aromatic carbocycles. The lowest BCUT2D eigenvalue weighted by atomic mass is 10.1. The topological polar surface area (TPSA) is 67.6 Å². The molecule has 0 unspecified atom stereocenters. The second-order valence-electron chi connectivity index (χ2n) is 5.34. The normalized spacial score (nSPS) is 14.6. The molecule has 1 aliphatic heterocycles. The van der Waals surface area contributed by atoms with Crippen LogP contribution in [0.25, 0.3) is 0 Å². The average molecular weight is 315 g/mol. The number of carbonyl (C=O) groups excluding carboxylic acids is 1. The van der Waals surface area contributed by atoms with Gasteiger partial charge in [-0.3, -0.25) is 4.79 Å². The molecule has 1 fully saturated rings. The van der Waals surface area contributed by atoms with E-state index < -0.39 is 5.82 Å². The molecule has 3 rings (SSSR count). The van der Waals surface area contributed by atoms with Crippen LogP contribution in [0.2, 0.25) is 0 Å². The number of carbonyl (C=O) groups is 1. The van der Waals surface area contributed by atoms with Crippen molar-refractivity contribution >= 4 is 23.0 Å². The van der Waals surface area contributed by atoms with E-state index in [-0.39, 0.29) is 11.5 Å². The van der Waals surface area contributed by atoms with E-state index in [0.717, 1.165) is 18.8 Å². The smallest absolute Gasteiger partial charge is 0.255 e. The van der Waals surface area contributed by atoms with Crippen LogP contribution in [0.4, 0.5) is 21.5 Å². The molecular weight excluding hydrogens is 297 g/mol. The summed E-state index contributed by atoms with van der Waals surface area (Å²) in [4.78, 5) is 14.5. The molecule has 2 aromatic rings. The van der Waals surface area contributed by atoms with E-state index >= 15 is 0 Å². The van der Waals surface area contributed by atoms with Gasteiger partial charge in [0.25, 0.3) is 5.91 Å². The molecule has 1 aliphatic rings. The van der Waals surface area contributed by atoms with Gasteiger partial charge in [-0.05, 0) is 36.4 Å². The number of hydrogen-bond donors (Lipinski definition) is 2. The van der Waals surface area contributed by atoms with Gasteiger partial charge in [0.2, 0.25) is 0 Å². The van der Waals surface area contributed by atoms with E-state index in [1.165, 1.54) is 18.2 Å². The maximum atomic E-state index is 13.3. The second kappa shape index (κ2) is 6.66. The van der Waals surface area contributed by atoms with Crippen molar-refractivity contribution < 1.29 is 13.9 Å². The molecule has 0 bridgehead atoms. The van der Waals surface area contributed by atoms with Crippen LogP contribution >= 0.6 is 0 Å². The summed E-state index contributed by atoms with van der Waals surface area (Å²) >= 11 is 0. The highest BCUT2D eigenvalue weighted by Gasteiger charge is 2.17. The van der Waals surface area contributed by atoms with Gasteiger partial charge in [0.05, 0.1) is 24.6 Å². The van der Waals surface area contributed by atoms with Gasteiger partial charge in [0.1, 0.15) is 5.82 Å². The van der Waals surface area contributed by atoms with E-state index in [2.05, 4.69) is 10.2 Å². The van der Waals surface area contributed by atoms with Crippen molar-refractivity contribution in [2.24, 2.45) is 0 Å². The first-order chi connectivity index (χ1) is 11.1. The minimum atomic E-state index is -0.446. The Morgan fingerprint density at radius 1 is 1.17 bits per heavy atom. The predicted octanol–water partition coefficient (Wildman–Crippen LogP) is 2.50. The van der Waals surface area contributed by atoms with Gasteiger partial charge in [0, 0.05) is 24.3 Å². The molecule has 3 N–H and O–H groups in total. The molecule has 1 heterocycles. The zero-order valence-corrected chi connectivity index (χ0v) is 12.6. The quantitative estimate of drug-likeness (QED) is 0.854. The molecule has 0 aliphatic carbocycles. The molecule has 5 nitrogen and oxygen atoms in total. The third-order valence-electron chi connectivity index (χ3n) is 3.71. The van der Waals surface area contributed by atoms with Crippen LogP contribution in [-0.4, -0.2) is 32.2 Å². The number of benzene rings is 2. The third kappa shape index (κ3) is 3.60. The van der Waals surface area contributed by atoms with Crippen LogP contribution in [0.15, 0.2) is 42.5 Å². The van der Waals surface area contributed by atoms with Crippen LogP contribution in [0.5, 0.6) is 0 Å². The Kier molecular flexibility index (Phi) is 4.43. The number of nitrogen functional groups attached to an aromatic ring is 1. The minimum Gasteiger partial charge on any atom is -0.399 e. The Hall–Kier alpha value is -2.60. The van der Waals surface area contributed by atoms with Gasteiger partial charge in [-0.25, -0.2) is 4.39 Å². The van der Waals surface area contributed by atoms with Gasteiger partial charge in [-0.2, -0.15) is 0 Å². The fraction of sp³-hybridized carbons (Fsp3) is 0.235. The number of nitrogens with one attached hydrogen (secondary N) is 1. The molecule has 0 aromatic heterocycles. The molecule has 0 atom stereocenters. The van der Waals surface area contributed by atoms with Crippen molar-refractivity contribution in [2.45, 2.75) is 0 Å². The first-order valence-electron chi connectivity index (χ1n) is 7.42. The van der Waals surface area contributed by atoms with Crippen molar-refractivity contribution in [1.29, 1.82) is 0 Å². The maximum absolute atomic E-state index is 13.3. The average Bonchev–Trinajstić information content (AvgIpc) is 2.56. The van der Waals surface area contributed by atoms with Crippen molar-refractivity contribution in [3.05, 3.63) is 53.8 Å². The Morgan fingerprint density at radius 3 is 2.70 bits per heavy atom. The number of ether oxygens (including phenoxy) is 1. The molecule has 0 saturated carbocycles. The van der Waals surface area contributed by atoms with Crippen LogP contribution in [0.1, 0.15) is 10.4 Å². The maximum Gasteiger partial charge on any atom is 0.255 e. The molecule has 1 saturated heterocycles. The molecule has 23 heavy (non-hydrogen) atoms. The molecule has 120 valence electrons. The fourth-order valence-electron chi connectivity index (χ4n) is 2.56. The monoisotopic (exact) mass is 315 g/mol. The van der Waals surface area contributed by atoms with Crippen LogP contribution in [0, 0.1) is 5.82 Å². The molecule has 0 radical (unpaired) electrons. The summed E-state index contributed by atoms with van der Waals surface area (Å²) in [6, 6.07) is 11.0. The first kappa shape index (κ1) is 15.3. The summed E-state index contributed by atoms with van der Waals surface area (Å²) in [7, 11) is 0. The highest BCUT2D eigenvalue weighted by molar-refractivity contribution is 6.06. The molecule has 6 heteroatoms. The zero-order chi connectivity index (χ0) is 16.2. The van der Waals surface area contributed by atoms with E-state index in [1.54, 1.807) is 18.2 Å². The van der Waals surface area contributed by atoms with Gasteiger partial charge in [-0.1, -0.05) is 6.07 Å². The summed E-state index contributed by atoms with van der Waals surface area (Å²) < 4.78 is 18.6. The van der Waals surface area contributed by atoms with Crippen molar-refractivity contribution in [3.63, 3.8) is 0 Å². The number of rotatable bonds is 3. The predicted molar refractivity (Wildman–Crippen MR) is 88.2 cm³/mol. The summed E-state index contributed by atoms with van der Waals surface area (Å²) in [5.74, 6) is -0.816. The van der Waals surface area contributed by atoms with E-state index in [1.807, 2.05) is 6.07 Å². The number of amides is 1. The van der Waals surface area contributed by atoms with Gasteiger partial charge < -0.3 is 20.7 Å².